The summed E-state index contributed by atoms with van der Waals surface area (Å²) in [4.78, 5) is 40.7. The Morgan fingerprint density at radius 3 is 1.94 bits per heavy atom. The van der Waals surface area contributed by atoms with Crippen molar-refractivity contribution in [2.24, 2.45) is 40.7 Å². The smallest absolute Gasteiger partial charge is 0.294 e. The van der Waals surface area contributed by atoms with Gasteiger partial charge in [-0.15, -0.1) is 0 Å². The number of nitrogens with two attached hydrogens (primary N) is 2. The summed E-state index contributed by atoms with van der Waals surface area (Å²) < 4.78 is 35.4. The molecule has 0 aliphatic rings. The number of rotatable bonds is 15. The van der Waals surface area contributed by atoms with Crippen molar-refractivity contribution in [1.29, 1.82) is 0 Å². The molecule has 0 aromatic heterocycles. The van der Waals surface area contributed by atoms with E-state index in [-0.39, 0.29) is 36.2 Å². The van der Waals surface area contributed by atoms with Gasteiger partial charge in [-0.2, -0.15) is 8.42 Å². The number of carbonyl (C=O) groups is 3. The van der Waals surface area contributed by atoms with Crippen LogP contribution < -0.4 is 22.5 Å². The zero-order valence-corrected chi connectivity index (χ0v) is 30.1. The summed E-state index contributed by atoms with van der Waals surface area (Å²) in [6.45, 7) is 15.0. The van der Waals surface area contributed by atoms with Crippen LogP contribution in [0.5, 0.6) is 0 Å². The Labute approximate surface area is 285 Å². The number of ketones is 1. The quantitative estimate of drug-likeness (QED) is 0.0508. The van der Waals surface area contributed by atoms with Gasteiger partial charge in [-0.3, -0.25) is 29.6 Å². The minimum absolute atomic E-state index is 0.0147. The van der Waals surface area contributed by atoms with Gasteiger partial charge in [-0.1, -0.05) is 87.9 Å². The van der Waals surface area contributed by atoms with Crippen molar-refractivity contribution in [3.63, 3.8) is 0 Å². The van der Waals surface area contributed by atoms with Crippen LogP contribution in [0.4, 0.5) is 0 Å². The van der Waals surface area contributed by atoms with E-state index in [9.17, 15) is 28.0 Å². The molecule has 0 bridgehead atoms. The molecule has 13 heteroatoms. The molecule has 268 valence electrons. The monoisotopic (exact) mass is 690 g/mol. The molecule has 0 radical (unpaired) electrons. The fourth-order valence-electron chi connectivity index (χ4n) is 5.44. The lowest BCUT2D eigenvalue weighted by atomic mass is 9.60. The minimum Gasteiger partial charge on any atom is -0.374 e. The van der Waals surface area contributed by atoms with E-state index >= 15 is 0 Å². The minimum atomic E-state index is -4.02. The molecule has 0 spiro atoms. The molecule has 12 nitrogen and oxygen atoms in total. The lowest BCUT2D eigenvalue weighted by molar-refractivity contribution is -0.152. The predicted octanol–water partition coefficient (Wildman–Crippen LogP) is 4.46. The van der Waals surface area contributed by atoms with Gasteiger partial charge in [-0.05, 0) is 70.1 Å². The van der Waals surface area contributed by atoms with Crippen LogP contribution in [0.3, 0.4) is 0 Å². The van der Waals surface area contributed by atoms with Crippen LogP contribution in [-0.4, -0.2) is 54.0 Å². The van der Waals surface area contributed by atoms with Crippen LogP contribution in [0.25, 0.3) is 6.08 Å². The van der Waals surface area contributed by atoms with E-state index in [2.05, 4.69) is 5.43 Å². The summed E-state index contributed by atoms with van der Waals surface area (Å²) in [5.74, 6) is 1.22. The van der Waals surface area contributed by atoms with Crippen molar-refractivity contribution in [2.45, 2.75) is 84.8 Å². The van der Waals surface area contributed by atoms with E-state index in [4.69, 9.17) is 20.9 Å². The number of nitrogens with one attached hydrogen (secondary N) is 2. The van der Waals surface area contributed by atoms with E-state index in [1.54, 1.807) is 29.8 Å². The van der Waals surface area contributed by atoms with Crippen LogP contribution in [0.1, 0.15) is 72.4 Å². The second kappa shape index (κ2) is 18.9. The van der Waals surface area contributed by atoms with E-state index in [0.717, 1.165) is 11.1 Å². The molecule has 48 heavy (non-hydrogen) atoms. The molecular formula is C35H54N4O8S. The fraction of sp³-hybridized carbons (Fsp3) is 0.514. The van der Waals surface area contributed by atoms with E-state index in [1.165, 1.54) is 12.1 Å². The molecule has 0 heterocycles. The first-order valence-electron chi connectivity index (χ1n) is 15.8. The van der Waals surface area contributed by atoms with Crippen LogP contribution in [-0.2, 0) is 29.2 Å². The molecule has 2 aromatic carbocycles. The highest BCUT2D eigenvalue weighted by Crippen LogP contribution is 2.45. The SMILES string of the molecule is CC(C)C[C@@H](C(=O)NN)[C@H](C(=O)NO)C(C=Cc1ccccc1)(CC(C)C)C(=O)[C@H](N)COC(C)(C)C.Cc1ccc(S(=O)(=O)O)cc1. The van der Waals surface area contributed by atoms with Crippen molar-refractivity contribution < 1.29 is 37.3 Å². The standard InChI is InChI=1S/C28H46N4O5.C7H8O3S/c1-18(2)15-21(25(34)31-30)23(26(35)32-36)28(16-19(3)4,14-13-20-11-9-8-10-12-20)24(33)22(29)17-37-27(5,6)7;1-6-2-4-7(5-3-6)11(8,9)10/h8-14,18-19,21-23,36H,15-17,29-30H2,1-7H3,(H,31,34)(H,32,35);2-5H,1H3,(H,8,9,10)/t21-,22-,23-,28?;/m1./s1. The van der Waals surface area contributed by atoms with Gasteiger partial charge in [0.15, 0.2) is 5.78 Å². The van der Waals surface area contributed by atoms with Crippen molar-refractivity contribution in [2.75, 3.05) is 6.61 Å². The Hall–Kier alpha value is -3.46. The number of benzene rings is 2. The maximum absolute atomic E-state index is 14.3. The number of aryl methyl sites for hydroxylation is 1. The third-order valence-electron chi connectivity index (χ3n) is 7.48. The number of allylic oxidation sites excluding steroid dienone is 1. The highest BCUT2D eigenvalue weighted by molar-refractivity contribution is 7.85. The first-order valence-corrected chi connectivity index (χ1v) is 17.3. The molecule has 2 aromatic rings. The van der Waals surface area contributed by atoms with Gasteiger partial charge < -0.3 is 10.5 Å². The maximum Gasteiger partial charge on any atom is 0.294 e. The van der Waals surface area contributed by atoms with Crippen molar-refractivity contribution >= 4 is 33.8 Å². The predicted molar refractivity (Wildman–Crippen MR) is 186 cm³/mol. The maximum atomic E-state index is 14.3. The Kier molecular flexibility index (Phi) is 16.8. The summed E-state index contributed by atoms with van der Waals surface area (Å²) in [5.41, 5.74) is 9.94. The van der Waals surface area contributed by atoms with Gasteiger partial charge in [0.25, 0.3) is 10.1 Å². The van der Waals surface area contributed by atoms with E-state index in [0.29, 0.717) is 0 Å². The highest BCUT2D eigenvalue weighted by atomic mass is 32.2. The number of amides is 2. The van der Waals surface area contributed by atoms with Gasteiger partial charge >= 0.3 is 0 Å². The second-order valence-corrected chi connectivity index (χ2v) is 15.2. The van der Waals surface area contributed by atoms with Crippen molar-refractivity contribution in [3.8, 4) is 0 Å². The lowest BCUT2D eigenvalue weighted by Crippen LogP contribution is -2.57. The molecule has 2 rings (SSSR count). The molecule has 8 N–H and O–H groups in total. The molecule has 4 atom stereocenters. The molecule has 0 aliphatic heterocycles. The van der Waals surface area contributed by atoms with Gasteiger partial charge in [0.1, 0.15) is 0 Å². The number of Topliss-reactive ketones (excluding diaryl/α,β-unsaturated/α-hetero) is 1. The third-order valence-corrected chi connectivity index (χ3v) is 8.35. The Balaban J connectivity index is 0.000000879. The molecule has 2 amide bonds. The van der Waals surface area contributed by atoms with Crippen LogP contribution in [0.15, 0.2) is 65.6 Å². The zero-order valence-electron chi connectivity index (χ0n) is 29.3. The second-order valence-electron chi connectivity index (χ2n) is 13.8. The van der Waals surface area contributed by atoms with Crippen LogP contribution in [0.2, 0.25) is 0 Å². The highest BCUT2D eigenvalue weighted by Gasteiger charge is 2.53. The lowest BCUT2D eigenvalue weighted by Gasteiger charge is -2.42. The first-order chi connectivity index (χ1) is 22.2. The zero-order chi connectivity index (χ0) is 36.9. The summed E-state index contributed by atoms with van der Waals surface area (Å²) in [5, 5.41) is 9.80. The Morgan fingerprint density at radius 1 is 0.938 bits per heavy atom. The summed E-state index contributed by atoms with van der Waals surface area (Å²) in [6, 6.07) is 14.2. The van der Waals surface area contributed by atoms with Crippen LogP contribution in [0, 0.1) is 36.0 Å². The topological polar surface area (TPSA) is 211 Å². The molecule has 0 saturated carbocycles. The fourth-order valence-corrected chi connectivity index (χ4v) is 5.92. The number of carbonyl (C=O) groups excluding carboxylic acids is 3. The molecular weight excluding hydrogens is 636 g/mol. The largest absolute Gasteiger partial charge is 0.374 e. The Morgan fingerprint density at radius 2 is 1.50 bits per heavy atom. The average Bonchev–Trinajstić information content (AvgIpc) is 3.00. The van der Waals surface area contributed by atoms with Gasteiger partial charge in [0, 0.05) is 0 Å². The third kappa shape index (κ3) is 13.6. The average molecular weight is 691 g/mol. The number of hydroxylamine groups is 1. The molecule has 0 aliphatic carbocycles. The molecule has 0 saturated heterocycles. The number of ether oxygens (including phenoxy) is 1. The van der Waals surface area contributed by atoms with Crippen molar-refractivity contribution in [3.05, 3.63) is 71.8 Å². The molecule has 1 unspecified atom stereocenters. The number of hydrogen-bond acceptors (Lipinski definition) is 9. The summed E-state index contributed by atoms with van der Waals surface area (Å²) in [6.07, 6.45) is 3.87. The summed E-state index contributed by atoms with van der Waals surface area (Å²) in [7, 11) is -4.02. The van der Waals surface area contributed by atoms with Gasteiger partial charge in [-0.25, -0.2) is 11.3 Å². The van der Waals surface area contributed by atoms with Gasteiger partial charge in [0.2, 0.25) is 11.8 Å². The van der Waals surface area contributed by atoms with Gasteiger partial charge in [0.05, 0.1) is 40.4 Å². The number of hydrazine groups is 1. The first kappa shape index (κ1) is 42.6. The normalized spacial score (nSPS) is 15.2. The van der Waals surface area contributed by atoms with Crippen molar-refractivity contribution in [1.82, 2.24) is 10.9 Å². The van der Waals surface area contributed by atoms with Crippen LogP contribution >= 0.6 is 0 Å². The number of hydrogen-bond donors (Lipinski definition) is 6. The van der Waals surface area contributed by atoms with E-state index < -0.39 is 56.6 Å². The Bertz CT molecular complexity index is 1460. The molecule has 0 fully saturated rings. The summed E-state index contributed by atoms with van der Waals surface area (Å²) >= 11 is 0. The van der Waals surface area contributed by atoms with E-state index in [1.807, 2.05) is 85.7 Å².